The van der Waals surface area contributed by atoms with Crippen molar-refractivity contribution in [1.82, 2.24) is 23.8 Å². The molecule has 8 heteroatoms. The first-order valence-electron chi connectivity index (χ1n) is 9.11. The molecule has 3 heterocycles. The van der Waals surface area contributed by atoms with Gasteiger partial charge >= 0.3 is 5.69 Å². The maximum Gasteiger partial charge on any atom is 0.332 e. The van der Waals surface area contributed by atoms with Gasteiger partial charge in [-0.2, -0.15) is 0 Å². The maximum atomic E-state index is 12.9. The van der Waals surface area contributed by atoms with Crippen molar-refractivity contribution in [3.05, 3.63) is 44.7 Å². The van der Waals surface area contributed by atoms with Crippen LogP contribution in [0.25, 0.3) is 11.2 Å². The van der Waals surface area contributed by atoms with E-state index < -0.39 is 0 Å². The second-order valence-electron chi connectivity index (χ2n) is 7.20. The molecule has 8 nitrogen and oxygen atoms in total. The van der Waals surface area contributed by atoms with Gasteiger partial charge in [-0.15, -0.1) is 0 Å². The quantitative estimate of drug-likeness (QED) is 0.600. The number of aryl methyl sites for hydroxylation is 3. The van der Waals surface area contributed by atoms with Gasteiger partial charge in [0.25, 0.3) is 5.56 Å². The topological polar surface area (TPSA) is 87.9 Å². The Morgan fingerprint density at radius 1 is 1.27 bits per heavy atom. The lowest BCUT2D eigenvalue weighted by Crippen LogP contribution is -2.39. The van der Waals surface area contributed by atoms with E-state index >= 15 is 0 Å². The standard InChI is InChI=1S/C18H23N5O3/c1-12-9-14(26-20-12)5-3-4-8-23-17(24)15-16(21(2)18(23)25)19-11-22(15)10-13-6-7-13/h9,11,13H,3-8,10H2,1-2H3. The molecule has 1 aliphatic carbocycles. The number of imidazole rings is 1. The highest BCUT2D eigenvalue weighted by atomic mass is 16.5. The summed E-state index contributed by atoms with van der Waals surface area (Å²) in [5.41, 5.74) is 1.31. The largest absolute Gasteiger partial charge is 0.361 e. The summed E-state index contributed by atoms with van der Waals surface area (Å²) in [5, 5.41) is 3.87. The third-order valence-corrected chi connectivity index (χ3v) is 4.99. The van der Waals surface area contributed by atoms with E-state index in [-0.39, 0.29) is 11.2 Å². The van der Waals surface area contributed by atoms with Crippen LogP contribution >= 0.6 is 0 Å². The van der Waals surface area contributed by atoms with Crippen molar-refractivity contribution in [3.63, 3.8) is 0 Å². The lowest BCUT2D eigenvalue weighted by atomic mass is 10.2. The third-order valence-electron chi connectivity index (χ3n) is 4.99. The highest BCUT2D eigenvalue weighted by molar-refractivity contribution is 5.69. The fourth-order valence-corrected chi connectivity index (χ4v) is 3.34. The lowest BCUT2D eigenvalue weighted by molar-refractivity contribution is 0.374. The van der Waals surface area contributed by atoms with Crippen molar-refractivity contribution in [1.29, 1.82) is 0 Å². The van der Waals surface area contributed by atoms with E-state index in [1.165, 1.54) is 22.0 Å². The Morgan fingerprint density at radius 2 is 2.08 bits per heavy atom. The molecule has 0 amide bonds. The molecular weight excluding hydrogens is 334 g/mol. The van der Waals surface area contributed by atoms with Crippen LogP contribution in [0.15, 0.2) is 26.5 Å². The minimum absolute atomic E-state index is 0.239. The fraction of sp³-hybridized carbons (Fsp3) is 0.556. The Labute approximate surface area is 150 Å². The first-order chi connectivity index (χ1) is 12.5. The molecular formula is C18H23N5O3. The smallest absolute Gasteiger partial charge is 0.332 e. The minimum atomic E-state index is -0.310. The van der Waals surface area contributed by atoms with Gasteiger partial charge in [-0.05, 0) is 38.5 Å². The van der Waals surface area contributed by atoms with Crippen LogP contribution in [0.5, 0.6) is 0 Å². The first kappa shape index (κ1) is 16.8. The summed E-state index contributed by atoms with van der Waals surface area (Å²) in [5.74, 6) is 1.46. The molecule has 1 aliphatic rings. The number of fused-ring (bicyclic) bond motifs is 1. The van der Waals surface area contributed by atoms with E-state index in [1.54, 1.807) is 13.4 Å². The molecule has 3 aromatic heterocycles. The predicted molar refractivity (Wildman–Crippen MR) is 96.1 cm³/mol. The number of aromatic nitrogens is 5. The number of unbranched alkanes of at least 4 members (excludes halogenated alkanes) is 1. The Balaban J connectivity index is 1.55. The summed E-state index contributed by atoms with van der Waals surface area (Å²) in [4.78, 5) is 29.8. The zero-order valence-corrected chi connectivity index (χ0v) is 15.1. The molecule has 0 saturated heterocycles. The zero-order valence-electron chi connectivity index (χ0n) is 15.1. The second kappa shape index (κ2) is 6.59. The summed E-state index contributed by atoms with van der Waals surface area (Å²) >= 11 is 0. The molecule has 4 rings (SSSR count). The molecule has 0 bridgehead atoms. The summed E-state index contributed by atoms with van der Waals surface area (Å²) in [7, 11) is 1.67. The summed E-state index contributed by atoms with van der Waals surface area (Å²) < 4.78 is 9.90. The molecule has 1 saturated carbocycles. The molecule has 0 spiro atoms. The van der Waals surface area contributed by atoms with Crippen LogP contribution in [-0.2, 0) is 26.6 Å². The van der Waals surface area contributed by atoms with Crippen LogP contribution in [0, 0.1) is 12.8 Å². The Kier molecular flexibility index (Phi) is 4.26. The molecule has 138 valence electrons. The normalized spacial score (nSPS) is 14.4. The van der Waals surface area contributed by atoms with Crippen LogP contribution in [0.2, 0.25) is 0 Å². The number of nitrogens with zero attached hydrogens (tertiary/aromatic N) is 5. The van der Waals surface area contributed by atoms with Gasteiger partial charge in [0.1, 0.15) is 5.76 Å². The van der Waals surface area contributed by atoms with Crippen LogP contribution in [0.4, 0.5) is 0 Å². The monoisotopic (exact) mass is 357 g/mol. The highest BCUT2D eigenvalue weighted by Crippen LogP contribution is 2.31. The summed E-state index contributed by atoms with van der Waals surface area (Å²) in [6.45, 7) is 3.08. The van der Waals surface area contributed by atoms with Crippen LogP contribution in [-0.4, -0.2) is 23.8 Å². The van der Waals surface area contributed by atoms with Gasteiger partial charge in [-0.25, -0.2) is 9.78 Å². The van der Waals surface area contributed by atoms with Crippen molar-refractivity contribution >= 4 is 11.2 Å². The van der Waals surface area contributed by atoms with E-state index in [2.05, 4.69) is 10.1 Å². The van der Waals surface area contributed by atoms with Gasteiger partial charge < -0.3 is 9.09 Å². The molecule has 0 aliphatic heterocycles. The molecule has 26 heavy (non-hydrogen) atoms. The minimum Gasteiger partial charge on any atom is -0.361 e. The Morgan fingerprint density at radius 3 is 2.77 bits per heavy atom. The molecule has 3 aromatic rings. The van der Waals surface area contributed by atoms with Crippen molar-refractivity contribution in [2.75, 3.05) is 0 Å². The van der Waals surface area contributed by atoms with Crippen molar-refractivity contribution in [2.45, 2.75) is 52.1 Å². The maximum absolute atomic E-state index is 12.9. The van der Waals surface area contributed by atoms with Crippen molar-refractivity contribution in [3.8, 4) is 0 Å². The Hall–Kier alpha value is -2.64. The van der Waals surface area contributed by atoms with Gasteiger partial charge in [0.2, 0.25) is 0 Å². The fourth-order valence-electron chi connectivity index (χ4n) is 3.34. The average molecular weight is 357 g/mol. The van der Waals surface area contributed by atoms with Crippen LogP contribution in [0.3, 0.4) is 0 Å². The molecule has 0 radical (unpaired) electrons. The predicted octanol–water partition coefficient (Wildman–Crippen LogP) is 1.63. The van der Waals surface area contributed by atoms with Crippen LogP contribution in [0.1, 0.15) is 37.1 Å². The highest BCUT2D eigenvalue weighted by Gasteiger charge is 2.24. The first-order valence-corrected chi connectivity index (χ1v) is 9.11. The van der Waals surface area contributed by atoms with Gasteiger partial charge in [0.05, 0.1) is 12.0 Å². The van der Waals surface area contributed by atoms with E-state index in [0.29, 0.717) is 23.6 Å². The van der Waals surface area contributed by atoms with Crippen LogP contribution < -0.4 is 11.2 Å². The second-order valence-corrected chi connectivity index (χ2v) is 7.20. The number of rotatable bonds is 7. The van der Waals surface area contributed by atoms with Gasteiger partial charge in [0, 0.05) is 32.6 Å². The average Bonchev–Trinajstić information content (AvgIpc) is 3.18. The van der Waals surface area contributed by atoms with Gasteiger partial charge in [0.15, 0.2) is 11.2 Å². The van der Waals surface area contributed by atoms with Crippen molar-refractivity contribution < 1.29 is 4.52 Å². The zero-order chi connectivity index (χ0) is 18.3. The van der Waals surface area contributed by atoms with E-state index in [0.717, 1.165) is 37.3 Å². The number of hydrogen-bond donors (Lipinski definition) is 0. The molecule has 0 N–H and O–H groups in total. The number of hydrogen-bond acceptors (Lipinski definition) is 5. The summed E-state index contributed by atoms with van der Waals surface area (Å²) in [6, 6.07) is 1.91. The summed E-state index contributed by atoms with van der Waals surface area (Å²) in [6.07, 6.45) is 6.36. The van der Waals surface area contributed by atoms with Gasteiger partial charge in [-0.3, -0.25) is 13.9 Å². The van der Waals surface area contributed by atoms with E-state index in [4.69, 9.17) is 4.52 Å². The molecule has 0 atom stereocenters. The molecule has 0 unspecified atom stereocenters. The SMILES string of the molecule is Cc1cc(CCCCn2c(=O)c3c(ncn3CC3CC3)n(C)c2=O)on1. The van der Waals surface area contributed by atoms with E-state index in [1.807, 2.05) is 17.6 Å². The third kappa shape index (κ3) is 3.11. The molecule has 0 aromatic carbocycles. The van der Waals surface area contributed by atoms with E-state index in [9.17, 15) is 9.59 Å². The lowest BCUT2D eigenvalue weighted by Gasteiger charge is -2.09. The van der Waals surface area contributed by atoms with Gasteiger partial charge in [-0.1, -0.05) is 5.16 Å². The Bertz CT molecular complexity index is 1050. The van der Waals surface area contributed by atoms with Crippen molar-refractivity contribution in [2.24, 2.45) is 13.0 Å². The molecule has 1 fully saturated rings.